The van der Waals surface area contributed by atoms with Gasteiger partial charge in [0.25, 0.3) is 0 Å². The fourth-order valence-corrected chi connectivity index (χ4v) is 2.58. The van der Waals surface area contributed by atoms with Gasteiger partial charge in [-0.3, -0.25) is 0 Å². The van der Waals surface area contributed by atoms with Crippen molar-refractivity contribution in [1.82, 2.24) is 5.32 Å². The predicted molar refractivity (Wildman–Crippen MR) is 72.8 cm³/mol. The van der Waals surface area contributed by atoms with Gasteiger partial charge in [-0.1, -0.05) is 25.0 Å². The summed E-state index contributed by atoms with van der Waals surface area (Å²) in [6.07, 6.45) is 4.13. The van der Waals surface area contributed by atoms with E-state index in [1.54, 1.807) is 7.11 Å². The van der Waals surface area contributed by atoms with Crippen molar-refractivity contribution in [2.75, 3.05) is 13.7 Å². The van der Waals surface area contributed by atoms with Crippen LogP contribution in [0.15, 0.2) is 24.3 Å². The summed E-state index contributed by atoms with van der Waals surface area (Å²) in [5, 5.41) is 13.7. The molecule has 0 aromatic heterocycles. The minimum atomic E-state index is -0.493. The maximum atomic E-state index is 10.3. The molecule has 0 heterocycles. The number of rotatable bonds is 5. The minimum Gasteiger partial charge on any atom is -0.497 e. The number of nitrogens with one attached hydrogen (secondary N) is 1. The first-order chi connectivity index (χ1) is 8.63. The molecule has 100 valence electrons. The Balaban J connectivity index is 1.92. The van der Waals surface area contributed by atoms with Crippen molar-refractivity contribution in [2.45, 2.75) is 44.2 Å². The predicted octanol–water partition coefficient (Wildman–Crippen LogP) is 2.65. The number of aliphatic hydroxyl groups is 1. The third-order valence-electron chi connectivity index (χ3n) is 3.87. The Labute approximate surface area is 109 Å². The highest BCUT2D eigenvalue weighted by atomic mass is 16.5. The molecular weight excluding hydrogens is 226 g/mol. The van der Waals surface area contributed by atoms with Gasteiger partial charge in [0.2, 0.25) is 0 Å². The molecule has 1 aromatic rings. The molecule has 1 saturated carbocycles. The van der Waals surface area contributed by atoms with Gasteiger partial charge < -0.3 is 15.2 Å². The van der Waals surface area contributed by atoms with Crippen LogP contribution in [-0.2, 0) is 0 Å². The van der Waals surface area contributed by atoms with Gasteiger partial charge in [-0.15, -0.1) is 0 Å². The van der Waals surface area contributed by atoms with E-state index in [0.29, 0.717) is 6.54 Å². The minimum absolute atomic E-state index is 0.227. The molecule has 0 spiro atoms. The Bertz CT molecular complexity index is 386. The zero-order valence-corrected chi connectivity index (χ0v) is 11.3. The van der Waals surface area contributed by atoms with Crippen LogP contribution in [0.3, 0.4) is 0 Å². The van der Waals surface area contributed by atoms with Crippen LogP contribution in [0.25, 0.3) is 0 Å². The van der Waals surface area contributed by atoms with Crippen LogP contribution in [0.1, 0.15) is 44.2 Å². The zero-order valence-electron chi connectivity index (χ0n) is 11.3. The highest BCUT2D eigenvalue weighted by Gasteiger charge is 2.30. The van der Waals surface area contributed by atoms with Crippen LogP contribution >= 0.6 is 0 Å². The molecule has 3 nitrogen and oxygen atoms in total. The maximum absolute atomic E-state index is 10.3. The Morgan fingerprint density at radius 3 is 2.78 bits per heavy atom. The van der Waals surface area contributed by atoms with Gasteiger partial charge in [-0.05, 0) is 37.5 Å². The maximum Gasteiger partial charge on any atom is 0.119 e. The Kier molecular flexibility index (Phi) is 4.25. The average molecular weight is 249 g/mol. The van der Waals surface area contributed by atoms with Crippen molar-refractivity contribution in [3.8, 4) is 5.75 Å². The molecule has 1 aliphatic rings. The van der Waals surface area contributed by atoms with Crippen LogP contribution in [0.4, 0.5) is 0 Å². The summed E-state index contributed by atoms with van der Waals surface area (Å²) in [7, 11) is 1.68. The third kappa shape index (κ3) is 3.24. The lowest BCUT2D eigenvalue weighted by Crippen LogP contribution is -2.39. The van der Waals surface area contributed by atoms with Crippen LogP contribution in [0.5, 0.6) is 5.75 Å². The van der Waals surface area contributed by atoms with E-state index in [0.717, 1.165) is 31.4 Å². The fourth-order valence-electron chi connectivity index (χ4n) is 2.58. The molecule has 1 fully saturated rings. The second kappa shape index (κ2) is 5.72. The van der Waals surface area contributed by atoms with Crippen molar-refractivity contribution in [3.05, 3.63) is 29.8 Å². The molecule has 18 heavy (non-hydrogen) atoms. The van der Waals surface area contributed by atoms with Gasteiger partial charge in [-0.25, -0.2) is 0 Å². The number of methoxy groups -OCH3 is 1. The van der Waals surface area contributed by atoms with E-state index in [9.17, 15) is 5.11 Å². The van der Waals surface area contributed by atoms with Gasteiger partial charge in [0.1, 0.15) is 5.75 Å². The molecule has 2 N–H and O–H groups in total. The fraction of sp³-hybridized carbons (Fsp3) is 0.600. The molecule has 1 atom stereocenters. The van der Waals surface area contributed by atoms with E-state index < -0.39 is 5.60 Å². The van der Waals surface area contributed by atoms with Crippen LogP contribution in [0, 0.1) is 0 Å². The molecular formula is C15H23NO2. The standard InChI is InChI=1S/C15H23NO2/c1-12(13-6-5-7-14(10-13)18-2)16-11-15(17)8-3-4-9-15/h5-7,10,12,16-17H,3-4,8-9,11H2,1-2H3/t12-/m1/s1. The Morgan fingerprint density at radius 1 is 1.39 bits per heavy atom. The highest BCUT2D eigenvalue weighted by molar-refractivity contribution is 5.30. The summed E-state index contributed by atoms with van der Waals surface area (Å²) in [4.78, 5) is 0. The lowest BCUT2D eigenvalue weighted by Gasteiger charge is -2.25. The smallest absolute Gasteiger partial charge is 0.119 e. The molecule has 1 aliphatic carbocycles. The van der Waals surface area contributed by atoms with Crippen molar-refractivity contribution < 1.29 is 9.84 Å². The van der Waals surface area contributed by atoms with Crippen molar-refractivity contribution in [2.24, 2.45) is 0 Å². The van der Waals surface area contributed by atoms with E-state index in [2.05, 4.69) is 18.3 Å². The van der Waals surface area contributed by atoms with Gasteiger partial charge in [-0.2, -0.15) is 0 Å². The Morgan fingerprint density at radius 2 is 2.11 bits per heavy atom. The van der Waals surface area contributed by atoms with E-state index in [1.807, 2.05) is 18.2 Å². The first kappa shape index (κ1) is 13.4. The molecule has 0 aliphatic heterocycles. The number of hydrogen-bond acceptors (Lipinski definition) is 3. The van der Waals surface area contributed by atoms with Gasteiger partial charge in [0.05, 0.1) is 12.7 Å². The van der Waals surface area contributed by atoms with Crippen molar-refractivity contribution >= 4 is 0 Å². The molecule has 0 saturated heterocycles. The first-order valence-corrected chi connectivity index (χ1v) is 6.73. The lowest BCUT2D eigenvalue weighted by atomic mass is 10.0. The van der Waals surface area contributed by atoms with E-state index in [4.69, 9.17) is 4.74 Å². The molecule has 1 aromatic carbocycles. The summed E-state index contributed by atoms with van der Waals surface area (Å²) in [6.45, 7) is 2.79. The van der Waals surface area contributed by atoms with Crippen molar-refractivity contribution in [1.29, 1.82) is 0 Å². The number of hydrogen-bond donors (Lipinski definition) is 2. The summed E-state index contributed by atoms with van der Waals surface area (Å²) >= 11 is 0. The summed E-state index contributed by atoms with van der Waals surface area (Å²) in [5.74, 6) is 0.876. The normalized spacial score (nSPS) is 19.7. The van der Waals surface area contributed by atoms with Gasteiger partial charge in [0.15, 0.2) is 0 Å². The monoisotopic (exact) mass is 249 g/mol. The second-order valence-corrected chi connectivity index (χ2v) is 5.31. The van der Waals surface area contributed by atoms with Gasteiger partial charge >= 0.3 is 0 Å². The molecule has 2 rings (SSSR count). The summed E-state index contributed by atoms with van der Waals surface area (Å²) in [6, 6.07) is 8.29. The van der Waals surface area contributed by atoms with Gasteiger partial charge in [0, 0.05) is 12.6 Å². The van der Waals surface area contributed by atoms with E-state index in [1.165, 1.54) is 5.56 Å². The first-order valence-electron chi connectivity index (χ1n) is 6.73. The topological polar surface area (TPSA) is 41.5 Å². The molecule has 0 bridgehead atoms. The molecule has 0 unspecified atom stereocenters. The average Bonchev–Trinajstić information content (AvgIpc) is 2.83. The summed E-state index contributed by atoms with van der Waals surface area (Å²) in [5.41, 5.74) is 0.698. The van der Waals surface area contributed by atoms with Crippen LogP contribution in [0.2, 0.25) is 0 Å². The van der Waals surface area contributed by atoms with Crippen molar-refractivity contribution in [3.63, 3.8) is 0 Å². The number of ether oxygens (including phenoxy) is 1. The van der Waals surface area contributed by atoms with Crippen LogP contribution < -0.4 is 10.1 Å². The SMILES string of the molecule is COc1cccc([C@@H](C)NCC2(O)CCCC2)c1. The number of benzene rings is 1. The molecule has 0 amide bonds. The highest BCUT2D eigenvalue weighted by Crippen LogP contribution is 2.29. The van der Waals surface area contributed by atoms with E-state index in [-0.39, 0.29) is 6.04 Å². The quantitative estimate of drug-likeness (QED) is 0.843. The second-order valence-electron chi connectivity index (χ2n) is 5.31. The largest absolute Gasteiger partial charge is 0.497 e. The third-order valence-corrected chi connectivity index (χ3v) is 3.87. The van der Waals surface area contributed by atoms with Crippen LogP contribution in [-0.4, -0.2) is 24.4 Å². The lowest BCUT2D eigenvalue weighted by molar-refractivity contribution is 0.0453. The van der Waals surface area contributed by atoms with E-state index >= 15 is 0 Å². The Hall–Kier alpha value is -1.06. The molecule has 3 heteroatoms. The molecule has 0 radical (unpaired) electrons. The zero-order chi connectivity index (χ0) is 13.0. The summed E-state index contributed by atoms with van der Waals surface area (Å²) < 4.78 is 5.23.